The smallest absolute Gasteiger partial charge is 0.324 e. The number of amides is 2. The summed E-state index contributed by atoms with van der Waals surface area (Å²) in [5, 5.41) is 6.45. The van der Waals surface area contributed by atoms with Gasteiger partial charge in [0.15, 0.2) is 0 Å². The Hall–Kier alpha value is -1.56. The molecule has 0 spiro atoms. The van der Waals surface area contributed by atoms with Crippen LogP contribution in [-0.4, -0.2) is 53.7 Å². The second kappa shape index (κ2) is 4.75. The highest BCUT2D eigenvalue weighted by Crippen LogP contribution is 2.13. The van der Waals surface area contributed by atoms with E-state index in [9.17, 15) is 4.79 Å². The van der Waals surface area contributed by atoms with Crippen LogP contribution in [0.4, 0.5) is 10.7 Å². The molecule has 1 aliphatic rings. The molecule has 1 aromatic rings. The Morgan fingerprint density at radius 2 is 2.35 bits per heavy atom. The van der Waals surface area contributed by atoms with Crippen molar-refractivity contribution in [2.24, 2.45) is 0 Å². The number of hydrogen-bond acceptors (Lipinski definition) is 4. The molecule has 17 heavy (non-hydrogen) atoms. The summed E-state index contributed by atoms with van der Waals surface area (Å²) in [6.45, 7) is 6.38. The van der Waals surface area contributed by atoms with Gasteiger partial charge in [-0.05, 0) is 20.9 Å². The lowest BCUT2D eigenvalue weighted by Gasteiger charge is -2.37. The number of likely N-dealkylation sites (N-methyl/N-ethyl adjacent to an activating group) is 1. The third-order valence-corrected chi connectivity index (χ3v) is 2.95. The van der Waals surface area contributed by atoms with Crippen LogP contribution >= 0.6 is 0 Å². The zero-order chi connectivity index (χ0) is 12.4. The van der Waals surface area contributed by atoms with E-state index in [1.165, 1.54) is 0 Å². The summed E-state index contributed by atoms with van der Waals surface area (Å²) in [5.74, 6) is 0.402. The van der Waals surface area contributed by atoms with Gasteiger partial charge in [0, 0.05) is 31.7 Å². The first-order chi connectivity index (χ1) is 8.06. The van der Waals surface area contributed by atoms with Crippen LogP contribution in [0, 0.1) is 6.92 Å². The molecule has 0 aliphatic carbocycles. The standard InChI is InChI=1S/C11H18N4O2/c1-8-6-10(17-13-8)12-11(16)15-5-4-14(3)7-9(15)2/h6,9H,4-5,7H2,1-3H3,(H,12,16). The van der Waals surface area contributed by atoms with Crippen LogP contribution in [0.2, 0.25) is 0 Å². The zero-order valence-corrected chi connectivity index (χ0v) is 10.4. The van der Waals surface area contributed by atoms with E-state index in [0.717, 1.165) is 25.3 Å². The molecule has 1 fully saturated rings. The van der Waals surface area contributed by atoms with Crippen LogP contribution in [0.3, 0.4) is 0 Å². The lowest BCUT2D eigenvalue weighted by Crippen LogP contribution is -2.53. The molecule has 1 aromatic heterocycles. The summed E-state index contributed by atoms with van der Waals surface area (Å²) in [6.07, 6.45) is 0. The summed E-state index contributed by atoms with van der Waals surface area (Å²) < 4.78 is 4.96. The SMILES string of the molecule is Cc1cc(NC(=O)N2CCN(C)CC2C)on1. The Balaban J connectivity index is 1.96. The maximum atomic E-state index is 12.0. The minimum Gasteiger partial charge on any atom is -0.338 e. The quantitative estimate of drug-likeness (QED) is 0.797. The predicted octanol–water partition coefficient (Wildman–Crippen LogP) is 1.15. The fourth-order valence-corrected chi connectivity index (χ4v) is 2.04. The van der Waals surface area contributed by atoms with Crippen molar-refractivity contribution in [1.29, 1.82) is 0 Å². The third kappa shape index (κ3) is 2.76. The first-order valence-corrected chi connectivity index (χ1v) is 5.76. The van der Waals surface area contributed by atoms with Gasteiger partial charge in [0.2, 0.25) is 5.88 Å². The highest BCUT2D eigenvalue weighted by atomic mass is 16.5. The summed E-state index contributed by atoms with van der Waals surface area (Å²) in [5.41, 5.74) is 0.756. The van der Waals surface area contributed by atoms with Crippen LogP contribution in [0.15, 0.2) is 10.6 Å². The largest absolute Gasteiger partial charge is 0.338 e. The van der Waals surface area contributed by atoms with Gasteiger partial charge in [-0.25, -0.2) is 4.79 Å². The van der Waals surface area contributed by atoms with E-state index in [2.05, 4.69) is 22.4 Å². The van der Waals surface area contributed by atoms with Crippen LogP contribution in [0.5, 0.6) is 0 Å². The molecule has 2 rings (SSSR count). The van der Waals surface area contributed by atoms with E-state index >= 15 is 0 Å². The van der Waals surface area contributed by atoms with Gasteiger partial charge in [-0.2, -0.15) is 0 Å². The van der Waals surface area contributed by atoms with Gasteiger partial charge >= 0.3 is 6.03 Å². The number of rotatable bonds is 1. The number of carbonyl (C=O) groups is 1. The van der Waals surface area contributed by atoms with Crippen molar-refractivity contribution in [3.05, 3.63) is 11.8 Å². The molecule has 0 bridgehead atoms. The number of hydrogen-bond donors (Lipinski definition) is 1. The van der Waals surface area contributed by atoms with Crippen molar-refractivity contribution in [2.75, 3.05) is 32.0 Å². The van der Waals surface area contributed by atoms with Gasteiger partial charge < -0.3 is 14.3 Å². The van der Waals surface area contributed by atoms with E-state index in [1.54, 1.807) is 6.07 Å². The van der Waals surface area contributed by atoms with Crippen molar-refractivity contribution >= 4 is 11.9 Å². The molecule has 2 heterocycles. The fraction of sp³-hybridized carbons (Fsp3) is 0.636. The minimum atomic E-state index is -0.123. The van der Waals surface area contributed by atoms with Gasteiger partial charge in [-0.3, -0.25) is 5.32 Å². The maximum absolute atomic E-state index is 12.0. The Morgan fingerprint density at radius 1 is 1.59 bits per heavy atom. The van der Waals surface area contributed by atoms with Gasteiger partial charge in [0.25, 0.3) is 0 Å². The Morgan fingerprint density at radius 3 is 2.94 bits per heavy atom. The Bertz CT molecular complexity index is 404. The average molecular weight is 238 g/mol. The van der Waals surface area contributed by atoms with Crippen LogP contribution in [0.25, 0.3) is 0 Å². The van der Waals surface area contributed by atoms with Gasteiger partial charge in [0.05, 0.1) is 5.69 Å². The Kier molecular flexibility index (Phi) is 3.33. The number of aryl methyl sites for hydroxylation is 1. The number of piperazine rings is 1. The molecule has 94 valence electrons. The number of anilines is 1. The number of nitrogens with zero attached hydrogens (tertiary/aromatic N) is 3. The van der Waals surface area contributed by atoms with Crippen LogP contribution in [0.1, 0.15) is 12.6 Å². The molecular weight excluding hydrogens is 220 g/mol. The molecule has 1 N–H and O–H groups in total. The molecule has 0 radical (unpaired) electrons. The highest BCUT2D eigenvalue weighted by Gasteiger charge is 2.26. The molecule has 1 aliphatic heterocycles. The van der Waals surface area contributed by atoms with E-state index in [4.69, 9.17) is 4.52 Å². The summed E-state index contributed by atoms with van der Waals surface area (Å²) in [6, 6.07) is 1.79. The first kappa shape index (κ1) is 11.9. The molecule has 0 saturated carbocycles. The molecular formula is C11H18N4O2. The summed E-state index contributed by atoms with van der Waals surface area (Å²) in [4.78, 5) is 16.0. The van der Waals surface area contributed by atoms with Crippen molar-refractivity contribution in [3.8, 4) is 0 Å². The lowest BCUT2D eigenvalue weighted by molar-refractivity contribution is 0.124. The molecule has 1 unspecified atom stereocenters. The second-order valence-electron chi connectivity index (χ2n) is 4.57. The van der Waals surface area contributed by atoms with Crippen LogP contribution < -0.4 is 5.32 Å². The van der Waals surface area contributed by atoms with Crippen molar-refractivity contribution in [3.63, 3.8) is 0 Å². The number of aromatic nitrogens is 1. The fourth-order valence-electron chi connectivity index (χ4n) is 2.04. The third-order valence-electron chi connectivity index (χ3n) is 2.95. The number of carbonyl (C=O) groups excluding carboxylic acids is 1. The van der Waals surface area contributed by atoms with E-state index in [1.807, 2.05) is 18.7 Å². The normalized spacial score (nSPS) is 21.6. The van der Waals surface area contributed by atoms with Gasteiger partial charge in [-0.1, -0.05) is 5.16 Å². The number of urea groups is 1. The highest BCUT2D eigenvalue weighted by molar-refractivity contribution is 5.88. The summed E-state index contributed by atoms with van der Waals surface area (Å²) >= 11 is 0. The minimum absolute atomic E-state index is 0.123. The van der Waals surface area contributed by atoms with E-state index < -0.39 is 0 Å². The Labute approximate surface area is 101 Å². The van der Waals surface area contributed by atoms with E-state index in [-0.39, 0.29) is 12.1 Å². The molecule has 6 nitrogen and oxygen atoms in total. The van der Waals surface area contributed by atoms with Crippen molar-refractivity contribution in [2.45, 2.75) is 19.9 Å². The van der Waals surface area contributed by atoms with Gasteiger partial charge in [0.1, 0.15) is 0 Å². The molecule has 0 aromatic carbocycles. The molecule has 2 amide bonds. The lowest BCUT2D eigenvalue weighted by atomic mass is 10.2. The monoisotopic (exact) mass is 238 g/mol. The maximum Gasteiger partial charge on any atom is 0.324 e. The second-order valence-corrected chi connectivity index (χ2v) is 4.57. The van der Waals surface area contributed by atoms with E-state index in [0.29, 0.717) is 5.88 Å². The van der Waals surface area contributed by atoms with Crippen molar-refractivity contribution in [1.82, 2.24) is 15.0 Å². The predicted molar refractivity (Wildman–Crippen MR) is 63.9 cm³/mol. The summed E-state index contributed by atoms with van der Waals surface area (Å²) in [7, 11) is 2.06. The van der Waals surface area contributed by atoms with Gasteiger partial charge in [-0.15, -0.1) is 0 Å². The number of nitrogens with one attached hydrogen (secondary N) is 1. The topological polar surface area (TPSA) is 61.6 Å². The van der Waals surface area contributed by atoms with Crippen molar-refractivity contribution < 1.29 is 9.32 Å². The molecule has 6 heteroatoms. The first-order valence-electron chi connectivity index (χ1n) is 5.76. The molecule has 1 saturated heterocycles. The zero-order valence-electron chi connectivity index (χ0n) is 10.4. The average Bonchev–Trinajstić information content (AvgIpc) is 2.63. The molecule has 1 atom stereocenters. The van der Waals surface area contributed by atoms with Crippen LogP contribution in [-0.2, 0) is 0 Å².